The molecule has 1 aromatic heterocycles. The van der Waals surface area contributed by atoms with Crippen molar-refractivity contribution in [3.63, 3.8) is 0 Å². The highest BCUT2D eigenvalue weighted by atomic mass is 16.2. The number of nitrogens with one attached hydrogen (secondary N) is 2. The van der Waals surface area contributed by atoms with Gasteiger partial charge in [-0.1, -0.05) is 12.1 Å². The summed E-state index contributed by atoms with van der Waals surface area (Å²) in [6.07, 6.45) is 2.35. The number of urea groups is 1. The lowest BCUT2D eigenvalue weighted by Gasteiger charge is -2.25. The number of imide groups is 1. The van der Waals surface area contributed by atoms with Crippen molar-refractivity contribution in [2.45, 2.75) is 25.3 Å². The number of benzene rings is 1. The maximum Gasteiger partial charge on any atom is 0.329 e. The Labute approximate surface area is 133 Å². The summed E-state index contributed by atoms with van der Waals surface area (Å²) >= 11 is 0. The summed E-state index contributed by atoms with van der Waals surface area (Å²) in [6, 6.07) is 7.92. The van der Waals surface area contributed by atoms with Crippen LogP contribution < -0.4 is 15.5 Å². The third kappa shape index (κ3) is 2.46. The second kappa shape index (κ2) is 5.66. The van der Waals surface area contributed by atoms with E-state index in [9.17, 15) is 9.59 Å². The highest BCUT2D eigenvalue weighted by Crippen LogP contribution is 2.31. The van der Waals surface area contributed by atoms with Crippen LogP contribution in [0.25, 0.3) is 10.9 Å². The summed E-state index contributed by atoms with van der Waals surface area (Å²) in [6.45, 7) is 2.33. The Balaban J connectivity index is 1.78. The van der Waals surface area contributed by atoms with Gasteiger partial charge in [0.05, 0.1) is 11.6 Å². The average Bonchev–Trinajstić information content (AvgIpc) is 2.95. The fourth-order valence-corrected chi connectivity index (χ4v) is 3.37. The van der Waals surface area contributed by atoms with E-state index < -0.39 is 0 Å². The van der Waals surface area contributed by atoms with Crippen molar-refractivity contribution >= 4 is 28.7 Å². The summed E-state index contributed by atoms with van der Waals surface area (Å²) in [5, 5.41) is 11.4. The van der Waals surface area contributed by atoms with E-state index in [0.29, 0.717) is 24.8 Å². The molecule has 2 saturated heterocycles. The number of amides is 3. The largest absolute Gasteiger partial charge is 0.329 e. The Bertz CT molecular complexity index is 763. The quantitative estimate of drug-likeness (QED) is 0.878. The molecule has 7 nitrogen and oxygen atoms in total. The number of hydrogen-bond donors (Lipinski definition) is 2. The minimum absolute atomic E-state index is 0.228. The monoisotopic (exact) mass is 313 g/mol. The summed E-state index contributed by atoms with van der Waals surface area (Å²) in [5.41, 5.74) is 1.04. The molecule has 4 rings (SSSR count). The second-order valence-electron chi connectivity index (χ2n) is 6.02. The van der Waals surface area contributed by atoms with Gasteiger partial charge in [-0.2, -0.15) is 5.10 Å². The van der Waals surface area contributed by atoms with E-state index in [-0.39, 0.29) is 11.9 Å². The van der Waals surface area contributed by atoms with Crippen LogP contribution in [0.15, 0.2) is 24.3 Å². The molecule has 2 aliphatic rings. The first-order chi connectivity index (χ1) is 11.2. The fourth-order valence-electron chi connectivity index (χ4n) is 3.37. The van der Waals surface area contributed by atoms with E-state index >= 15 is 0 Å². The van der Waals surface area contributed by atoms with Gasteiger partial charge in [-0.25, -0.2) is 4.79 Å². The predicted octanol–water partition coefficient (Wildman–Crippen LogP) is 1.41. The fraction of sp³-hybridized carbons (Fsp3) is 0.438. The second-order valence-corrected chi connectivity index (χ2v) is 6.02. The van der Waals surface area contributed by atoms with Crippen LogP contribution >= 0.6 is 0 Å². The highest BCUT2D eigenvalue weighted by Gasteiger charge is 2.29. The van der Waals surface area contributed by atoms with Gasteiger partial charge in [0.15, 0.2) is 5.82 Å². The van der Waals surface area contributed by atoms with E-state index in [1.807, 2.05) is 24.3 Å². The van der Waals surface area contributed by atoms with Crippen LogP contribution in [0.4, 0.5) is 10.6 Å². The molecule has 0 bridgehead atoms. The zero-order valence-corrected chi connectivity index (χ0v) is 12.8. The van der Waals surface area contributed by atoms with Gasteiger partial charge >= 0.3 is 6.03 Å². The lowest BCUT2D eigenvalue weighted by Crippen LogP contribution is -2.49. The van der Waals surface area contributed by atoms with Crippen molar-refractivity contribution in [2.24, 2.45) is 0 Å². The number of nitrogens with zero attached hydrogens (tertiary/aromatic N) is 3. The SMILES string of the molecule is O=C1CCN(c2nn(C3CCNCC3)c3ccccc23)C(=O)N1. The van der Waals surface area contributed by atoms with Crippen molar-refractivity contribution < 1.29 is 9.59 Å². The average molecular weight is 313 g/mol. The molecule has 120 valence electrons. The number of aromatic nitrogens is 2. The third-order valence-electron chi connectivity index (χ3n) is 4.56. The Morgan fingerprint density at radius 3 is 2.70 bits per heavy atom. The van der Waals surface area contributed by atoms with Crippen LogP contribution in [0.1, 0.15) is 25.3 Å². The molecule has 0 aliphatic carbocycles. The first kappa shape index (κ1) is 14.2. The number of carbonyl (C=O) groups is 2. The molecule has 2 aliphatic heterocycles. The van der Waals surface area contributed by atoms with Gasteiger partial charge in [-0.15, -0.1) is 0 Å². The number of piperidine rings is 1. The van der Waals surface area contributed by atoms with Crippen LogP contribution in [0, 0.1) is 0 Å². The Kier molecular flexibility index (Phi) is 3.49. The smallest absolute Gasteiger partial charge is 0.317 e. The molecule has 0 radical (unpaired) electrons. The van der Waals surface area contributed by atoms with Gasteiger partial charge in [0, 0.05) is 18.4 Å². The van der Waals surface area contributed by atoms with Crippen LogP contribution in [-0.2, 0) is 4.79 Å². The molecule has 3 amide bonds. The summed E-state index contributed by atoms with van der Waals surface area (Å²) in [7, 11) is 0. The van der Waals surface area contributed by atoms with Crippen molar-refractivity contribution in [3.05, 3.63) is 24.3 Å². The van der Waals surface area contributed by atoms with Gasteiger partial charge in [0.1, 0.15) is 0 Å². The minimum Gasteiger partial charge on any atom is -0.317 e. The zero-order chi connectivity index (χ0) is 15.8. The molecule has 0 saturated carbocycles. The number of fused-ring (bicyclic) bond motifs is 1. The standard InChI is InChI=1S/C16H19N5O2/c22-14-7-10-20(16(23)18-14)15-12-3-1-2-4-13(12)21(19-15)11-5-8-17-9-6-11/h1-4,11,17H,5-10H2,(H,18,22,23). The summed E-state index contributed by atoms with van der Waals surface area (Å²) in [5.74, 6) is 0.414. The molecule has 7 heteroatoms. The van der Waals surface area contributed by atoms with Gasteiger partial charge in [-0.3, -0.25) is 19.7 Å². The van der Waals surface area contributed by atoms with Crippen molar-refractivity contribution in [3.8, 4) is 0 Å². The van der Waals surface area contributed by atoms with E-state index in [4.69, 9.17) is 5.10 Å². The molecule has 2 fully saturated rings. The number of para-hydroxylation sites is 1. The number of rotatable bonds is 2. The summed E-state index contributed by atoms with van der Waals surface area (Å²) in [4.78, 5) is 25.1. The first-order valence-corrected chi connectivity index (χ1v) is 8.03. The molecule has 1 aromatic carbocycles. The zero-order valence-electron chi connectivity index (χ0n) is 12.8. The Morgan fingerprint density at radius 2 is 1.91 bits per heavy atom. The van der Waals surface area contributed by atoms with E-state index in [0.717, 1.165) is 36.8 Å². The van der Waals surface area contributed by atoms with Crippen LogP contribution in [-0.4, -0.2) is 41.4 Å². The molecule has 0 spiro atoms. The van der Waals surface area contributed by atoms with Gasteiger partial charge in [0.2, 0.25) is 5.91 Å². The molecule has 0 atom stereocenters. The van der Waals surface area contributed by atoms with Gasteiger partial charge in [-0.05, 0) is 38.1 Å². The topological polar surface area (TPSA) is 79.3 Å². The minimum atomic E-state index is -0.387. The Hall–Kier alpha value is -2.41. The van der Waals surface area contributed by atoms with Crippen LogP contribution in [0.2, 0.25) is 0 Å². The third-order valence-corrected chi connectivity index (χ3v) is 4.56. The van der Waals surface area contributed by atoms with Crippen molar-refractivity contribution in [1.82, 2.24) is 20.4 Å². The number of hydrogen-bond acceptors (Lipinski definition) is 4. The predicted molar refractivity (Wildman–Crippen MR) is 86.4 cm³/mol. The summed E-state index contributed by atoms with van der Waals surface area (Å²) < 4.78 is 2.05. The number of anilines is 1. The van der Waals surface area contributed by atoms with Crippen LogP contribution in [0.5, 0.6) is 0 Å². The molecule has 2 aromatic rings. The van der Waals surface area contributed by atoms with Gasteiger partial charge < -0.3 is 5.32 Å². The number of carbonyl (C=O) groups excluding carboxylic acids is 2. The van der Waals surface area contributed by atoms with Gasteiger partial charge in [0.25, 0.3) is 0 Å². The molecule has 3 heterocycles. The van der Waals surface area contributed by atoms with Crippen LogP contribution in [0.3, 0.4) is 0 Å². The normalized spacial score (nSPS) is 20.1. The molecule has 23 heavy (non-hydrogen) atoms. The molecule has 0 unspecified atom stereocenters. The lowest BCUT2D eigenvalue weighted by atomic mass is 10.1. The molecular formula is C16H19N5O2. The van der Waals surface area contributed by atoms with Crippen molar-refractivity contribution in [2.75, 3.05) is 24.5 Å². The lowest BCUT2D eigenvalue weighted by molar-refractivity contribution is -0.120. The maximum atomic E-state index is 12.2. The van der Waals surface area contributed by atoms with E-state index in [1.165, 1.54) is 0 Å². The first-order valence-electron chi connectivity index (χ1n) is 8.03. The van der Waals surface area contributed by atoms with E-state index in [2.05, 4.69) is 15.3 Å². The molecular weight excluding hydrogens is 294 g/mol. The van der Waals surface area contributed by atoms with Crippen molar-refractivity contribution in [1.29, 1.82) is 0 Å². The molecule has 2 N–H and O–H groups in total. The highest BCUT2D eigenvalue weighted by molar-refractivity contribution is 6.08. The Morgan fingerprint density at radius 1 is 1.13 bits per heavy atom. The van der Waals surface area contributed by atoms with E-state index in [1.54, 1.807) is 4.90 Å². The maximum absolute atomic E-state index is 12.2.